The Balaban J connectivity index is 4.30. The Morgan fingerprint density at radius 1 is 0.297 bits per heavy atom. The first-order chi connectivity index (χ1) is 31.2. The van der Waals surface area contributed by atoms with E-state index in [9.17, 15) is 14.4 Å². The summed E-state index contributed by atoms with van der Waals surface area (Å²) in [4.78, 5) is 38.1. The second-order valence-electron chi connectivity index (χ2n) is 20.9. The molecule has 0 saturated carbocycles. The van der Waals surface area contributed by atoms with Crippen LogP contribution in [0.1, 0.15) is 324 Å². The van der Waals surface area contributed by atoms with Crippen molar-refractivity contribution >= 4 is 17.9 Å². The van der Waals surface area contributed by atoms with Crippen molar-refractivity contribution in [3.05, 3.63) is 0 Å². The predicted molar refractivity (Wildman–Crippen MR) is 275 cm³/mol. The van der Waals surface area contributed by atoms with Crippen molar-refractivity contribution in [3.8, 4) is 0 Å². The number of esters is 3. The van der Waals surface area contributed by atoms with E-state index in [2.05, 4.69) is 34.6 Å². The molecule has 1 atom stereocenters. The van der Waals surface area contributed by atoms with Gasteiger partial charge in [0, 0.05) is 19.3 Å². The van der Waals surface area contributed by atoms with Crippen LogP contribution in [0, 0.1) is 11.8 Å². The number of carbonyl (C=O) groups excluding carboxylic acids is 3. The molecule has 0 aromatic rings. The molecule has 0 aromatic carbocycles. The third-order valence-corrected chi connectivity index (χ3v) is 13.2. The van der Waals surface area contributed by atoms with Crippen molar-refractivity contribution in [2.24, 2.45) is 11.8 Å². The molecule has 0 aliphatic heterocycles. The smallest absolute Gasteiger partial charge is 0.306 e. The van der Waals surface area contributed by atoms with Gasteiger partial charge in [0.05, 0.1) is 0 Å². The van der Waals surface area contributed by atoms with Crippen LogP contribution in [0.15, 0.2) is 0 Å². The van der Waals surface area contributed by atoms with Crippen LogP contribution in [-0.2, 0) is 28.6 Å². The first-order valence-corrected chi connectivity index (χ1v) is 28.7. The minimum Gasteiger partial charge on any atom is -0.462 e. The lowest BCUT2D eigenvalue weighted by Crippen LogP contribution is -2.30. The van der Waals surface area contributed by atoms with Gasteiger partial charge in [0.1, 0.15) is 13.2 Å². The molecular formula is C58H112O6. The number of unbranched alkanes of at least 4 members (excludes halogenated alkanes) is 37. The Morgan fingerprint density at radius 2 is 0.516 bits per heavy atom. The van der Waals surface area contributed by atoms with Crippen molar-refractivity contribution in [3.63, 3.8) is 0 Å². The molecule has 0 radical (unpaired) electrons. The Bertz CT molecular complexity index is 978. The van der Waals surface area contributed by atoms with Gasteiger partial charge in [-0.25, -0.2) is 0 Å². The van der Waals surface area contributed by atoms with Crippen molar-refractivity contribution in [1.29, 1.82) is 0 Å². The molecule has 380 valence electrons. The second kappa shape index (κ2) is 50.8. The van der Waals surface area contributed by atoms with Gasteiger partial charge in [0.15, 0.2) is 6.10 Å². The van der Waals surface area contributed by atoms with Gasteiger partial charge in [-0.2, -0.15) is 0 Å². The van der Waals surface area contributed by atoms with E-state index >= 15 is 0 Å². The number of ether oxygens (including phenoxy) is 3. The van der Waals surface area contributed by atoms with Gasteiger partial charge < -0.3 is 14.2 Å². The molecular weight excluding hydrogens is 793 g/mol. The van der Waals surface area contributed by atoms with Gasteiger partial charge >= 0.3 is 17.9 Å². The van der Waals surface area contributed by atoms with Gasteiger partial charge in [-0.3, -0.25) is 14.4 Å². The highest BCUT2D eigenvalue weighted by atomic mass is 16.6. The molecule has 0 aromatic heterocycles. The minimum atomic E-state index is -0.762. The van der Waals surface area contributed by atoms with Crippen LogP contribution in [-0.4, -0.2) is 37.2 Å². The topological polar surface area (TPSA) is 78.9 Å². The summed E-state index contributed by atoms with van der Waals surface area (Å²) in [5.74, 6) is 0.838. The standard InChI is InChI=1S/C58H112O6/c1-6-7-8-9-10-11-12-13-17-23-28-33-38-43-48-56(59)62-51-55(52-63-57(60)49-44-39-34-29-24-20-19-22-27-32-37-42-47-54(4)5)64-58(61)50-45-40-35-30-25-18-15-14-16-21-26-31-36-41-46-53(2)3/h53-55H,6-52H2,1-5H3/t55-/m0/s1. The maximum atomic E-state index is 12.8. The first-order valence-electron chi connectivity index (χ1n) is 28.7. The predicted octanol–water partition coefficient (Wildman–Crippen LogP) is 18.9. The molecule has 0 bridgehead atoms. The molecule has 64 heavy (non-hydrogen) atoms. The van der Waals surface area contributed by atoms with Gasteiger partial charge in [0.25, 0.3) is 0 Å². The van der Waals surface area contributed by atoms with E-state index in [-0.39, 0.29) is 31.1 Å². The normalized spacial score (nSPS) is 12.0. The Kier molecular flexibility index (Phi) is 49.6. The highest BCUT2D eigenvalue weighted by molar-refractivity contribution is 5.71. The highest BCUT2D eigenvalue weighted by Gasteiger charge is 2.19. The molecule has 0 rings (SSSR count). The molecule has 0 aliphatic rings. The van der Waals surface area contributed by atoms with Gasteiger partial charge in [-0.1, -0.05) is 285 Å². The van der Waals surface area contributed by atoms with Crippen molar-refractivity contribution < 1.29 is 28.6 Å². The number of hydrogen-bond donors (Lipinski definition) is 0. The quantitative estimate of drug-likeness (QED) is 0.0344. The fourth-order valence-electron chi connectivity index (χ4n) is 8.87. The van der Waals surface area contributed by atoms with Crippen molar-refractivity contribution in [2.45, 2.75) is 330 Å². The number of rotatable bonds is 52. The van der Waals surface area contributed by atoms with Crippen molar-refractivity contribution in [1.82, 2.24) is 0 Å². The van der Waals surface area contributed by atoms with E-state index in [0.717, 1.165) is 69.6 Å². The first kappa shape index (κ1) is 62.4. The molecule has 0 N–H and O–H groups in total. The minimum absolute atomic E-state index is 0.0626. The van der Waals surface area contributed by atoms with Crippen LogP contribution >= 0.6 is 0 Å². The lowest BCUT2D eigenvalue weighted by Gasteiger charge is -2.18. The van der Waals surface area contributed by atoms with Gasteiger partial charge in [-0.05, 0) is 31.1 Å². The second-order valence-corrected chi connectivity index (χ2v) is 20.9. The van der Waals surface area contributed by atoms with Gasteiger partial charge in [-0.15, -0.1) is 0 Å². The van der Waals surface area contributed by atoms with E-state index in [4.69, 9.17) is 14.2 Å². The van der Waals surface area contributed by atoms with Crippen LogP contribution in [0.2, 0.25) is 0 Å². The van der Waals surface area contributed by atoms with Gasteiger partial charge in [0.2, 0.25) is 0 Å². The number of hydrogen-bond acceptors (Lipinski definition) is 6. The summed E-state index contributed by atoms with van der Waals surface area (Å²) in [5.41, 5.74) is 0. The molecule has 0 spiro atoms. The zero-order valence-corrected chi connectivity index (χ0v) is 43.9. The lowest BCUT2D eigenvalue weighted by molar-refractivity contribution is -0.167. The van der Waals surface area contributed by atoms with Crippen LogP contribution in [0.3, 0.4) is 0 Å². The molecule has 6 nitrogen and oxygen atoms in total. The maximum Gasteiger partial charge on any atom is 0.306 e. The summed E-state index contributed by atoms with van der Waals surface area (Å²) in [5, 5.41) is 0. The summed E-state index contributed by atoms with van der Waals surface area (Å²) in [6.07, 6.45) is 53.7. The lowest BCUT2D eigenvalue weighted by atomic mass is 10.0. The molecule has 0 saturated heterocycles. The summed E-state index contributed by atoms with van der Waals surface area (Å²) < 4.78 is 16.9. The highest BCUT2D eigenvalue weighted by Crippen LogP contribution is 2.18. The van der Waals surface area contributed by atoms with Crippen LogP contribution in [0.25, 0.3) is 0 Å². The largest absolute Gasteiger partial charge is 0.462 e. The van der Waals surface area contributed by atoms with E-state index in [0.29, 0.717) is 19.3 Å². The third kappa shape index (κ3) is 51.4. The fourth-order valence-corrected chi connectivity index (χ4v) is 8.87. The van der Waals surface area contributed by atoms with E-state index < -0.39 is 6.10 Å². The molecule has 0 fully saturated rings. The average Bonchev–Trinajstić information content (AvgIpc) is 3.27. The summed E-state index contributed by atoms with van der Waals surface area (Å²) in [6.45, 7) is 11.4. The van der Waals surface area contributed by atoms with Crippen molar-refractivity contribution in [2.75, 3.05) is 13.2 Å². The SMILES string of the molecule is CCCCCCCCCCCCCCCCC(=O)OC[C@@H](COC(=O)CCCCCCCCCCCCCCC(C)C)OC(=O)CCCCCCCCCCCCCCCCC(C)C. The van der Waals surface area contributed by atoms with E-state index in [1.165, 1.54) is 212 Å². The molecule has 0 unspecified atom stereocenters. The van der Waals surface area contributed by atoms with E-state index in [1.54, 1.807) is 0 Å². The molecule has 0 amide bonds. The molecule has 0 heterocycles. The fraction of sp³-hybridized carbons (Fsp3) is 0.948. The summed E-state index contributed by atoms with van der Waals surface area (Å²) >= 11 is 0. The monoisotopic (exact) mass is 905 g/mol. The zero-order chi connectivity index (χ0) is 46.8. The summed E-state index contributed by atoms with van der Waals surface area (Å²) in [6, 6.07) is 0. The van der Waals surface area contributed by atoms with Crippen LogP contribution < -0.4 is 0 Å². The third-order valence-electron chi connectivity index (χ3n) is 13.2. The Morgan fingerprint density at radius 3 is 0.766 bits per heavy atom. The molecule has 0 aliphatic carbocycles. The Hall–Kier alpha value is -1.59. The van der Waals surface area contributed by atoms with Crippen LogP contribution in [0.5, 0.6) is 0 Å². The van der Waals surface area contributed by atoms with Crippen LogP contribution in [0.4, 0.5) is 0 Å². The van der Waals surface area contributed by atoms with E-state index in [1.807, 2.05) is 0 Å². The summed E-state index contributed by atoms with van der Waals surface area (Å²) in [7, 11) is 0. The maximum absolute atomic E-state index is 12.8. The number of carbonyl (C=O) groups is 3. The Labute approximate surface area is 399 Å². The zero-order valence-electron chi connectivity index (χ0n) is 43.9. The average molecular weight is 906 g/mol. The molecule has 6 heteroatoms.